The molecule has 1 aliphatic heterocycles. The van der Waals surface area contributed by atoms with Crippen LogP contribution in [0.4, 0.5) is 11.4 Å². The lowest BCUT2D eigenvalue weighted by atomic mass is 10.2. The summed E-state index contributed by atoms with van der Waals surface area (Å²) in [6.07, 6.45) is 0. The number of nitrogens with zero attached hydrogens (tertiary/aromatic N) is 5. The average molecular weight is 427 g/mol. The van der Waals surface area contributed by atoms with Crippen molar-refractivity contribution < 1.29 is 9.53 Å². The van der Waals surface area contributed by atoms with Gasteiger partial charge in [-0.1, -0.05) is 11.8 Å². The Bertz CT molecular complexity index is 1060. The molecule has 0 radical (unpaired) electrons. The molecule has 0 bridgehead atoms. The van der Waals surface area contributed by atoms with Crippen LogP contribution in [0.3, 0.4) is 0 Å². The summed E-state index contributed by atoms with van der Waals surface area (Å²) in [4.78, 5) is 23.9. The Morgan fingerprint density at radius 1 is 1.13 bits per heavy atom. The molecule has 1 amide bonds. The van der Waals surface area contributed by atoms with E-state index < -0.39 is 0 Å². The number of aromatic nitrogens is 4. The van der Waals surface area contributed by atoms with Crippen LogP contribution in [-0.4, -0.2) is 57.0 Å². The first-order valence-electron chi connectivity index (χ1n) is 10.0. The second-order valence-electron chi connectivity index (χ2n) is 7.41. The van der Waals surface area contributed by atoms with Crippen molar-refractivity contribution in [1.29, 1.82) is 0 Å². The number of fused-ring (bicyclic) bond motifs is 1. The van der Waals surface area contributed by atoms with Gasteiger partial charge in [0.2, 0.25) is 11.1 Å². The van der Waals surface area contributed by atoms with Gasteiger partial charge in [-0.2, -0.15) is 4.98 Å². The first-order valence-corrected chi connectivity index (χ1v) is 10.9. The highest BCUT2D eigenvalue weighted by Crippen LogP contribution is 2.24. The zero-order chi connectivity index (χ0) is 21.3. The Labute approximate surface area is 180 Å². The lowest BCUT2D eigenvalue weighted by Gasteiger charge is -2.28. The highest BCUT2D eigenvalue weighted by Gasteiger charge is 2.19. The molecular formula is C21H26N6O2S. The third-order valence-corrected chi connectivity index (χ3v) is 6.36. The van der Waals surface area contributed by atoms with Crippen LogP contribution < -0.4 is 10.2 Å². The fourth-order valence-corrected chi connectivity index (χ4v) is 4.07. The summed E-state index contributed by atoms with van der Waals surface area (Å²) in [5, 5.41) is 7.69. The topological polar surface area (TPSA) is 84.7 Å². The molecule has 1 unspecified atom stereocenters. The molecule has 0 saturated carbocycles. The first kappa shape index (κ1) is 20.6. The van der Waals surface area contributed by atoms with Crippen LogP contribution in [-0.2, 0) is 9.53 Å². The van der Waals surface area contributed by atoms with E-state index in [1.54, 1.807) is 4.52 Å². The number of carbonyl (C=O) groups is 1. The minimum Gasteiger partial charge on any atom is -0.378 e. The van der Waals surface area contributed by atoms with Crippen LogP contribution in [0.5, 0.6) is 0 Å². The summed E-state index contributed by atoms with van der Waals surface area (Å²) in [6, 6.07) is 7.92. The lowest BCUT2D eigenvalue weighted by molar-refractivity contribution is -0.115. The van der Waals surface area contributed by atoms with Crippen LogP contribution in [0.25, 0.3) is 5.78 Å². The largest absolute Gasteiger partial charge is 0.378 e. The molecule has 1 aromatic carbocycles. The number of amides is 1. The third-order valence-electron chi connectivity index (χ3n) is 5.40. The molecule has 1 atom stereocenters. The highest BCUT2D eigenvalue weighted by atomic mass is 32.2. The van der Waals surface area contributed by atoms with Crippen molar-refractivity contribution in [1.82, 2.24) is 19.6 Å². The first-order chi connectivity index (χ1) is 14.4. The molecule has 9 heteroatoms. The van der Waals surface area contributed by atoms with E-state index in [1.807, 2.05) is 52.0 Å². The van der Waals surface area contributed by atoms with Gasteiger partial charge >= 0.3 is 0 Å². The summed E-state index contributed by atoms with van der Waals surface area (Å²) in [5.41, 5.74) is 4.96. The second kappa shape index (κ2) is 8.61. The Balaban J connectivity index is 1.40. The number of hydrogen-bond donors (Lipinski definition) is 1. The molecule has 1 aliphatic rings. The summed E-state index contributed by atoms with van der Waals surface area (Å²) in [5.74, 6) is 0.472. The van der Waals surface area contributed by atoms with E-state index in [0.29, 0.717) is 10.9 Å². The maximum atomic E-state index is 12.7. The van der Waals surface area contributed by atoms with Gasteiger partial charge < -0.3 is 15.0 Å². The molecular weight excluding hydrogens is 400 g/mol. The summed E-state index contributed by atoms with van der Waals surface area (Å²) in [6.45, 7) is 11.1. The van der Waals surface area contributed by atoms with Gasteiger partial charge in [0, 0.05) is 35.9 Å². The summed E-state index contributed by atoms with van der Waals surface area (Å²) >= 11 is 1.33. The van der Waals surface area contributed by atoms with E-state index in [1.165, 1.54) is 11.8 Å². The molecule has 3 heterocycles. The minimum atomic E-state index is -0.344. The molecule has 0 aliphatic carbocycles. The fourth-order valence-electron chi connectivity index (χ4n) is 3.32. The maximum Gasteiger partial charge on any atom is 0.253 e. The normalized spacial score (nSPS) is 15.4. The standard InChI is InChI=1S/C21H26N6O2S/c1-13-14(2)22-20-24-21(25-27(20)15(13)3)30-16(4)19(28)23-17-5-7-18(8-6-17)26-9-11-29-12-10-26/h5-8,16H,9-12H2,1-4H3,(H,23,28). The van der Waals surface area contributed by atoms with Gasteiger partial charge in [0.25, 0.3) is 5.78 Å². The number of rotatable bonds is 5. The van der Waals surface area contributed by atoms with E-state index in [9.17, 15) is 4.79 Å². The average Bonchev–Trinajstić information content (AvgIpc) is 3.15. The third kappa shape index (κ3) is 4.27. The molecule has 4 rings (SSSR count). The Kier molecular flexibility index (Phi) is 5.92. The van der Waals surface area contributed by atoms with Gasteiger partial charge in [-0.25, -0.2) is 9.50 Å². The van der Waals surface area contributed by atoms with E-state index in [4.69, 9.17) is 4.74 Å². The maximum absolute atomic E-state index is 12.7. The van der Waals surface area contributed by atoms with E-state index in [2.05, 4.69) is 25.3 Å². The van der Waals surface area contributed by atoms with E-state index in [-0.39, 0.29) is 11.2 Å². The molecule has 1 N–H and O–H groups in total. The van der Waals surface area contributed by atoms with Crippen molar-refractivity contribution in [3.05, 3.63) is 41.2 Å². The number of benzene rings is 1. The monoisotopic (exact) mass is 426 g/mol. The zero-order valence-electron chi connectivity index (χ0n) is 17.7. The number of thioether (sulfide) groups is 1. The molecule has 0 spiro atoms. The van der Waals surface area contributed by atoms with Gasteiger partial charge in [0.05, 0.1) is 18.5 Å². The molecule has 1 saturated heterocycles. The lowest BCUT2D eigenvalue weighted by Crippen LogP contribution is -2.36. The van der Waals surface area contributed by atoms with E-state index in [0.717, 1.165) is 54.6 Å². The molecule has 30 heavy (non-hydrogen) atoms. The quantitative estimate of drug-likeness (QED) is 0.628. The molecule has 158 valence electrons. The van der Waals surface area contributed by atoms with Crippen molar-refractivity contribution >= 4 is 34.8 Å². The van der Waals surface area contributed by atoms with Crippen molar-refractivity contribution in [3.8, 4) is 0 Å². The second-order valence-corrected chi connectivity index (χ2v) is 8.72. The van der Waals surface area contributed by atoms with Crippen molar-refractivity contribution in [2.24, 2.45) is 0 Å². The van der Waals surface area contributed by atoms with Gasteiger partial charge in [0.15, 0.2) is 0 Å². The predicted octanol–water partition coefficient (Wildman–Crippen LogP) is 3.01. The fraction of sp³-hybridized carbons (Fsp3) is 0.429. The zero-order valence-corrected chi connectivity index (χ0v) is 18.5. The predicted molar refractivity (Wildman–Crippen MR) is 118 cm³/mol. The molecule has 3 aromatic rings. The van der Waals surface area contributed by atoms with Gasteiger partial charge in [-0.15, -0.1) is 5.10 Å². The summed E-state index contributed by atoms with van der Waals surface area (Å²) in [7, 11) is 0. The number of anilines is 2. The van der Waals surface area contributed by atoms with Crippen LogP contribution >= 0.6 is 11.8 Å². The van der Waals surface area contributed by atoms with Crippen LogP contribution in [0.15, 0.2) is 29.4 Å². The Morgan fingerprint density at radius 2 is 1.83 bits per heavy atom. The molecule has 1 fully saturated rings. The minimum absolute atomic E-state index is 0.0879. The van der Waals surface area contributed by atoms with Gasteiger partial charge in [-0.3, -0.25) is 4.79 Å². The van der Waals surface area contributed by atoms with E-state index >= 15 is 0 Å². The van der Waals surface area contributed by atoms with Crippen molar-refractivity contribution in [2.45, 2.75) is 38.1 Å². The van der Waals surface area contributed by atoms with Crippen LogP contribution in [0, 0.1) is 20.8 Å². The Morgan fingerprint density at radius 3 is 2.53 bits per heavy atom. The number of ether oxygens (including phenoxy) is 1. The number of hydrogen-bond acceptors (Lipinski definition) is 7. The number of morpholine rings is 1. The Hall–Kier alpha value is -2.65. The number of aryl methyl sites for hydroxylation is 2. The van der Waals surface area contributed by atoms with Crippen LogP contribution in [0.2, 0.25) is 0 Å². The SMILES string of the molecule is Cc1nc2nc(SC(C)C(=O)Nc3ccc(N4CCOCC4)cc3)nn2c(C)c1C. The van der Waals surface area contributed by atoms with Gasteiger partial charge in [0.1, 0.15) is 0 Å². The number of carbonyl (C=O) groups excluding carboxylic acids is 1. The molecule has 8 nitrogen and oxygen atoms in total. The highest BCUT2D eigenvalue weighted by molar-refractivity contribution is 8.00. The van der Waals surface area contributed by atoms with Crippen molar-refractivity contribution in [3.63, 3.8) is 0 Å². The van der Waals surface area contributed by atoms with Crippen LogP contribution in [0.1, 0.15) is 23.9 Å². The molecule has 2 aromatic heterocycles. The number of nitrogens with one attached hydrogen (secondary N) is 1. The smallest absolute Gasteiger partial charge is 0.253 e. The van der Waals surface area contributed by atoms with Crippen molar-refractivity contribution in [2.75, 3.05) is 36.5 Å². The summed E-state index contributed by atoms with van der Waals surface area (Å²) < 4.78 is 7.13. The van der Waals surface area contributed by atoms with Gasteiger partial charge in [-0.05, 0) is 57.5 Å².